The van der Waals surface area contributed by atoms with Gasteiger partial charge in [-0.2, -0.15) is 0 Å². The molecule has 2 rings (SSSR count). The van der Waals surface area contributed by atoms with Crippen molar-refractivity contribution in [2.24, 2.45) is 0 Å². The summed E-state index contributed by atoms with van der Waals surface area (Å²) in [6.45, 7) is 2.47. The van der Waals surface area contributed by atoms with Crippen molar-refractivity contribution in [1.29, 1.82) is 0 Å². The topological polar surface area (TPSA) is 114 Å². The highest BCUT2D eigenvalue weighted by molar-refractivity contribution is 7.90. The number of carbonyl (C=O) groups is 1. The minimum absolute atomic E-state index is 0.0472. The molecule has 0 fully saturated rings. The van der Waals surface area contributed by atoms with Crippen LogP contribution < -0.4 is 10.6 Å². The highest BCUT2D eigenvalue weighted by Gasteiger charge is 2.24. The van der Waals surface area contributed by atoms with Gasteiger partial charge in [0.15, 0.2) is 0 Å². The Morgan fingerprint density at radius 3 is 2.54 bits per heavy atom. The van der Waals surface area contributed by atoms with Gasteiger partial charge in [-0.1, -0.05) is 42.4 Å². The van der Waals surface area contributed by atoms with Crippen LogP contribution in [0.1, 0.15) is 30.8 Å². The van der Waals surface area contributed by atoms with Gasteiger partial charge in [0.25, 0.3) is 0 Å². The Hall–Kier alpha value is -2.42. The van der Waals surface area contributed by atoms with Crippen LogP contribution in [0.25, 0.3) is 0 Å². The molecule has 1 atom stereocenters. The SMILES string of the molecule is CCCNC(=O)N[C@@H](Cc1ccccc1)c1nnc(S(C)(=O)=O)o1. The van der Waals surface area contributed by atoms with Gasteiger partial charge in [0.2, 0.25) is 15.7 Å². The van der Waals surface area contributed by atoms with E-state index < -0.39 is 21.1 Å². The monoisotopic (exact) mass is 352 g/mol. The molecular weight excluding hydrogens is 332 g/mol. The zero-order valence-corrected chi connectivity index (χ0v) is 14.3. The summed E-state index contributed by atoms with van der Waals surface area (Å²) in [7, 11) is -3.60. The summed E-state index contributed by atoms with van der Waals surface area (Å²) in [6, 6.07) is 8.41. The lowest BCUT2D eigenvalue weighted by Gasteiger charge is -2.15. The molecule has 0 saturated heterocycles. The first-order valence-corrected chi connectivity index (χ1v) is 9.41. The molecule has 1 aromatic carbocycles. The van der Waals surface area contributed by atoms with Gasteiger partial charge < -0.3 is 15.1 Å². The minimum atomic E-state index is -3.60. The van der Waals surface area contributed by atoms with E-state index in [1.54, 1.807) is 0 Å². The number of benzene rings is 1. The summed E-state index contributed by atoms with van der Waals surface area (Å²) < 4.78 is 28.2. The molecule has 0 bridgehead atoms. The van der Waals surface area contributed by atoms with Crippen LogP contribution >= 0.6 is 0 Å². The lowest BCUT2D eigenvalue weighted by atomic mass is 10.1. The predicted molar refractivity (Wildman–Crippen MR) is 87.1 cm³/mol. The molecule has 8 nitrogen and oxygen atoms in total. The number of carbonyl (C=O) groups excluding carboxylic acids is 1. The van der Waals surface area contributed by atoms with E-state index in [-0.39, 0.29) is 11.9 Å². The van der Waals surface area contributed by atoms with Crippen LogP contribution in [0.3, 0.4) is 0 Å². The van der Waals surface area contributed by atoms with Crippen LogP contribution in [0.15, 0.2) is 40.0 Å². The lowest BCUT2D eigenvalue weighted by Crippen LogP contribution is -2.39. The van der Waals surface area contributed by atoms with E-state index in [0.29, 0.717) is 13.0 Å². The Morgan fingerprint density at radius 1 is 1.25 bits per heavy atom. The maximum Gasteiger partial charge on any atom is 0.335 e. The lowest BCUT2D eigenvalue weighted by molar-refractivity contribution is 0.233. The second-order valence-electron chi connectivity index (χ2n) is 5.32. The van der Waals surface area contributed by atoms with Crippen molar-refractivity contribution in [2.75, 3.05) is 12.8 Å². The fraction of sp³-hybridized carbons (Fsp3) is 0.400. The van der Waals surface area contributed by atoms with E-state index in [2.05, 4.69) is 20.8 Å². The Morgan fingerprint density at radius 2 is 1.96 bits per heavy atom. The average molecular weight is 352 g/mol. The zero-order chi connectivity index (χ0) is 17.6. The van der Waals surface area contributed by atoms with E-state index in [4.69, 9.17) is 4.42 Å². The number of nitrogens with zero attached hydrogens (tertiary/aromatic N) is 2. The van der Waals surface area contributed by atoms with Gasteiger partial charge in [0.1, 0.15) is 6.04 Å². The maximum absolute atomic E-state index is 11.9. The quantitative estimate of drug-likeness (QED) is 0.780. The van der Waals surface area contributed by atoms with E-state index in [1.165, 1.54) is 0 Å². The molecule has 9 heteroatoms. The van der Waals surface area contributed by atoms with Gasteiger partial charge in [-0.15, -0.1) is 5.10 Å². The number of aromatic nitrogens is 2. The molecule has 0 unspecified atom stereocenters. The van der Waals surface area contributed by atoms with E-state index in [1.807, 2.05) is 37.3 Å². The third-order valence-corrected chi connectivity index (χ3v) is 3.96. The maximum atomic E-state index is 11.9. The molecule has 0 radical (unpaired) electrons. The third kappa shape index (κ3) is 5.05. The van der Waals surface area contributed by atoms with E-state index in [9.17, 15) is 13.2 Å². The van der Waals surface area contributed by atoms with Crippen molar-refractivity contribution in [3.05, 3.63) is 41.8 Å². The first kappa shape index (κ1) is 17.9. The molecule has 1 aromatic heterocycles. The number of hydrogen-bond acceptors (Lipinski definition) is 6. The first-order valence-electron chi connectivity index (χ1n) is 7.52. The number of hydrogen-bond donors (Lipinski definition) is 2. The van der Waals surface area contributed by atoms with Crippen LogP contribution in [0.5, 0.6) is 0 Å². The highest BCUT2D eigenvalue weighted by Crippen LogP contribution is 2.19. The summed E-state index contributed by atoms with van der Waals surface area (Å²) in [5.74, 6) is 0.0472. The van der Waals surface area contributed by atoms with Gasteiger partial charge in [-0.25, -0.2) is 13.2 Å². The van der Waals surface area contributed by atoms with Crippen molar-refractivity contribution < 1.29 is 17.6 Å². The molecule has 0 aliphatic rings. The number of nitrogens with one attached hydrogen (secondary N) is 2. The smallest absolute Gasteiger partial charge is 0.335 e. The van der Waals surface area contributed by atoms with Crippen molar-refractivity contribution in [3.8, 4) is 0 Å². The number of urea groups is 1. The third-order valence-electron chi connectivity index (χ3n) is 3.16. The molecule has 2 amide bonds. The van der Waals surface area contributed by atoms with Gasteiger partial charge in [-0.05, 0) is 12.0 Å². The Balaban J connectivity index is 2.21. The predicted octanol–water partition coefficient (Wildman–Crippen LogP) is 1.47. The zero-order valence-electron chi connectivity index (χ0n) is 13.5. The second kappa shape index (κ2) is 7.91. The van der Waals surface area contributed by atoms with Gasteiger partial charge in [0, 0.05) is 19.2 Å². The molecule has 2 N–H and O–H groups in total. The summed E-state index contributed by atoms with van der Waals surface area (Å²) >= 11 is 0. The largest absolute Gasteiger partial charge is 0.410 e. The fourth-order valence-electron chi connectivity index (χ4n) is 2.01. The van der Waals surface area contributed by atoms with Crippen LogP contribution in [0.4, 0.5) is 4.79 Å². The minimum Gasteiger partial charge on any atom is -0.410 e. The van der Waals surface area contributed by atoms with Crippen LogP contribution in [-0.4, -0.2) is 37.4 Å². The van der Waals surface area contributed by atoms with Crippen LogP contribution in [-0.2, 0) is 16.3 Å². The summed E-state index contributed by atoms with van der Waals surface area (Å²) in [6.07, 6.45) is 2.18. The number of sulfone groups is 1. The molecule has 0 spiro atoms. The van der Waals surface area contributed by atoms with Crippen LogP contribution in [0.2, 0.25) is 0 Å². The highest BCUT2D eigenvalue weighted by atomic mass is 32.2. The van der Waals surface area contributed by atoms with Crippen molar-refractivity contribution in [2.45, 2.75) is 31.0 Å². The molecular formula is C15H20N4O4S. The standard InChI is InChI=1S/C15H20N4O4S/c1-3-9-16-14(20)17-12(10-11-7-5-4-6-8-11)13-18-19-15(23-13)24(2,21)22/h4-8,12H,3,9-10H2,1-2H3,(H2,16,17,20)/t12-/m0/s1. The fourth-order valence-corrected chi connectivity index (χ4v) is 2.43. The Labute approximate surface area is 140 Å². The Kier molecular flexibility index (Phi) is 5.91. The summed E-state index contributed by atoms with van der Waals surface area (Å²) in [5, 5.41) is 12.3. The van der Waals surface area contributed by atoms with Crippen molar-refractivity contribution in [1.82, 2.24) is 20.8 Å². The molecule has 2 aromatic rings. The van der Waals surface area contributed by atoms with Gasteiger partial charge in [0.05, 0.1) is 0 Å². The van der Waals surface area contributed by atoms with Gasteiger partial charge in [-0.3, -0.25) is 0 Å². The second-order valence-corrected chi connectivity index (χ2v) is 7.21. The Bertz CT molecular complexity index is 774. The molecule has 24 heavy (non-hydrogen) atoms. The summed E-state index contributed by atoms with van der Waals surface area (Å²) in [4.78, 5) is 11.9. The molecule has 0 aliphatic heterocycles. The number of rotatable bonds is 7. The molecule has 130 valence electrons. The first-order chi connectivity index (χ1) is 11.4. The van der Waals surface area contributed by atoms with Crippen molar-refractivity contribution >= 4 is 15.9 Å². The molecule has 0 aliphatic carbocycles. The molecule has 1 heterocycles. The van der Waals surface area contributed by atoms with Crippen LogP contribution in [0, 0.1) is 0 Å². The van der Waals surface area contributed by atoms with E-state index in [0.717, 1.165) is 18.2 Å². The van der Waals surface area contributed by atoms with E-state index >= 15 is 0 Å². The summed E-state index contributed by atoms with van der Waals surface area (Å²) in [5.41, 5.74) is 0.942. The number of amides is 2. The average Bonchev–Trinajstić information content (AvgIpc) is 3.03. The van der Waals surface area contributed by atoms with Crippen molar-refractivity contribution in [3.63, 3.8) is 0 Å². The van der Waals surface area contributed by atoms with Gasteiger partial charge >= 0.3 is 11.3 Å². The normalized spacial score (nSPS) is 12.6. The molecule has 0 saturated carbocycles.